The minimum absolute atomic E-state index is 0.527. The van der Waals surface area contributed by atoms with Crippen LogP contribution < -0.4 is 5.73 Å². The fourth-order valence-electron chi connectivity index (χ4n) is 2.19. The molecule has 4 heteroatoms. The summed E-state index contributed by atoms with van der Waals surface area (Å²) >= 11 is 0. The lowest BCUT2D eigenvalue weighted by Gasteiger charge is -2.09. The van der Waals surface area contributed by atoms with Crippen LogP contribution in [0.3, 0.4) is 0 Å². The quantitative estimate of drug-likeness (QED) is 0.855. The molecule has 0 aromatic heterocycles. The summed E-state index contributed by atoms with van der Waals surface area (Å²) in [6.45, 7) is 1.06. The van der Waals surface area contributed by atoms with E-state index >= 15 is 0 Å². The minimum Gasteiger partial charge on any atom is -0.384 e. The van der Waals surface area contributed by atoms with Gasteiger partial charge in [-0.1, -0.05) is 48.5 Å². The predicted octanol–water partition coefficient (Wildman–Crippen LogP) is 2.71. The standard InChI is InChI=1S/C17H21NO2S/c1-20-10-11-21(19)13-14-6-8-15(9-7-14)17-5-3-2-4-16(17)12-18/h2-9H,10-13,18H2,1H3. The lowest BCUT2D eigenvalue weighted by atomic mass is 9.99. The second-order valence-electron chi connectivity index (χ2n) is 4.84. The Hall–Kier alpha value is -1.49. The van der Waals surface area contributed by atoms with Gasteiger partial charge in [0.25, 0.3) is 0 Å². The molecule has 0 heterocycles. The number of rotatable bonds is 7. The van der Waals surface area contributed by atoms with Crippen molar-refractivity contribution < 1.29 is 8.95 Å². The highest BCUT2D eigenvalue weighted by Gasteiger charge is 2.05. The Bertz CT molecular complexity index is 596. The number of hydrogen-bond donors (Lipinski definition) is 1. The lowest BCUT2D eigenvalue weighted by Crippen LogP contribution is -2.06. The van der Waals surface area contributed by atoms with Gasteiger partial charge >= 0.3 is 0 Å². The van der Waals surface area contributed by atoms with Crippen molar-refractivity contribution in [3.05, 3.63) is 59.7 Å². The highest BCUT2D eigenvalue weighted by atomic mass is 32.2. The zero-order chi connectivity index (χ0) is 15.1. The van der Waals surface area contributed by atoms with Crippen LogP contribution in [0.15, 0.2) is 48.5 Å². The Morgan fingerprint density at radius 3 is 2.48 bits per heavy atom. The van der Waals surface area contributed by atoms with Gasteiger partial charge in [0, 0.05) is 36.0 Å². The third-order valence-electron chi connectivity index (χ3n) is 3.35. The molecule has 3 nitrogen and oxygen atoms in total. The van der Waals surface area contributed by atoms with Gasteiger partial charge in [-0.25, -0.2) is 0 Å². The number of ether oxygens (including phenoxy) is 1. The van der Waals surface area contributed by atoms with Crippen LogP contribution in [0.25, 0.3) is 11.1 Å². The molecule has 0 aliphatic rings. The Morgan fingerprint density at radius 1 is 1.10 bits per heavy atom. The van der Waals surface area contributed by atoms with Crippen molar-refractivity contribution in [3.8, 4) is 11.1 Å². The molecule has 0 saturated heterocycles. The van der Waals surface area contributed by atoms with E-state index in [2.05, 4.69) is 18.2 Å². The molecule has 2 aromatic rings. The molecule has 0 aliphatic carbocycles. The summed E-state index contributed by atoms with van der Waals surface area (Å²) in [5.74, 6) is 1.15. The zero-order valence-electron chi connectivity index (χ0n) is 12.2. The van der Waals surface area contributed by atoms with Crippen LogP contribution in [0.1, 0.15) is 11.1 Å². The molecule has 0 amide bonds. The number of benzene rings is 2. The SMILES string of the molecule is COCCS(=O)Cc1ccc(-c2ccccc2CN)cc1. The first-order chi connectivity index (χ1) is 10.2. The van der Waals surface area contributed by atoms with E-state index in [4.69, 9.17) is 10.5 Å². The smallest absolute Gasteiger partial charge is 0.0577 e. The van der Waals surface area contributed by atoms with E-state index in [0.717, 1.165) is 22.3 Å². The van der Waals surface area contributed by atoms with Gasteiger partial charge in [0.15, 0.2) is 0 Å². The van der Waals surface area contributed by atoms with Crippen molar-refractivity contribution >= 4 is 10.8 Å². The van der Waals surface area contributed by atoms with Gasteiger partial charge in [-0.15, -0.1) is 0 Å². The van der Waals surface area contributed by atoms with Crippen LogP contribution in [0.5, 0.6) is 0 Å². The average Bonchev–Trinajstić information content (AvgIpc) is 2.53. The van der Waals surface area contributed by atoms with Gasteiger partial charge in [-0.3, -0.25) is 4.21 Å². The van der Waals surface area contributed by atoms with E-state index in [1.807, 2.05) is 30.3 Å². The van der Waals surface area contributed by atoms with E-state index in [9.17, 15) is 4.21 Å². The molecule has 112 valence electrons. The topological polar surface area (TPSA) is 52.3 Å². The summed E-state index contributed by atoms with van der Waals surface area (Å²) in [5.41, 5.74) is 10.3. The largest absolute Gasteiger partial charge is 0.384 e. The fraction of sp³-hybridized carbons (Fsp3) is 0.294. The van der Waals surface area contributed by atoms with E-state index in [1.165, 1.54) is 0 Å². The molecule has 0 radical (unpaired) electrons. The highest BCUT2D eigenvalue weighted by Crippen LogP contribution is 2.24. The molecule has 0 fully saturated rings. The molecular weight excluding hydrogens is 282 g/mol. The van der Waals surface area contributed by atoms with Crippen molar-refractivity contribution in [1.29, 1.82) is 0 Å². The van der Waals surface area contributed by atoms with Crippen molar-refractivity contribution in [1.82, 2.24) is 0 Å². The van der Waals surface area contributed by atoms with E-state index in [0.29, 0.717) is 24.7 Å². The van der Waals surface area contributed by atoms with Crippen LogP contribution in [-0.2, 0) is 27.8 Å². The third kappa shape index (κ3) is 4.49. The molecular formula is C17H21NO2S. The summed E-state index contributed by atoms with van der Waals surface area (Å²) in [6.07, 6.45) is 0. The Morgan fingerprint density at radius 2 is 1.81 bits per heavy atom. The van der Waals surface area contributed by atoms with Gasteiger partial charge in [0.2, 0.25) is 0 Å². The number of hydrogen-bond acceptors (Lipinski definition) is 3. The maximum Gasteiger partial charge on any atom is 0.0577 e. The molecule has 21 heavy (non-hydrogen) atoms. The first-order valence-corrected chi connectivity index (χ1v) is 8.44. The highest BCUT2D eigenvalue weighted by molar-refractivity contribution is 7.84. The van der Waals surface area contributed by atoms with Gasteiger partial charge in [-0.05, 0) is 22.3 Å². The molecule has 0 spiro atoms. The second kappa shape index (κ2) is 8.08. The molecule has 0 saturated carbocycles. The van der Waals surface area contributed by atoms with Crippen LogP contribution in [-0.4, -0.2) is 23.7 Å². The summed E-state index contributed by atoms with van der Waals surface area (Å²) < 4.78 is 16.8. The maximum absolute atomic E-state index is 11.8. The summed E-state index contributed by atoms with van der Waals surface area (Å²) in [5, 5.41) is 0. The van der Waals surface area contributed by atoms with Crippen molar-refractivity contribution in [3.63, 3.8) is 0 Å². The Kier molecular flexibility index (Phi) is 6.11. The molecule has 0 bridgehead atoms. The normalized spacial score (nSPS) is 12.3. The lowest BCUT2D eigenvalue weighted by molar-refractivity contribution is 0.218. The molecule has 1 atom stereocenters. The Balaban J connectivity index is 2.10. The maximum atomic E-state index is 11.8. The van der Waals surface area contributed by atoms with Gasteiger partial charge in [-0.2, -0.15) is 0 Å². The molecule has 1 unspecified atom stereocenters. The first-order valence-electron chi connectivity index (χ1n) is 6.96. The van der Waals surface area contributed by atoms with Crippen molar-refractivity contribution in [2.45, 2.75) is 12.3 Å². The minimum atomic E-state index is -0.873. The predicted molar refractivity (Wildman–Crippen MR) is 88.4 cm³/mol. The monoisotopic (exact) mass is 303 g/mol. The van der Waals surface area contributed by atoms with E-state index < -0.39 is 10.8 Å². The molecule has 2 N–H and O–H groups in total. The third-order valence-corrected chi connectivity index (χ3v) is 4.62. The summed E-state index contributed by atoms with van der Waals surface area (Å²) in [4.78, 5) is 0. The van der Waals surface area contributed by atoms with Crippen LogP contribution in [0, 0.1) is 0 Å². The van der Waals surface area contributed by atoms with E-state index in [1.54, 1.807) is 7.11 Å². The second-order valence-corrected chi connectivity index (χ2v) is 6.42. The Labute approximate surface area is 128 Å². The molecule has 2 aromatic carbocycles. The summed E-state index contributed by atoms with van der Waals surface area (Å²) in [6, 6.07) is 16.3. The van der Waals surface area contributed by atoms with Crippen LogP contribution in [0.4, 0.5) is 0 Å². The van der Waals surface area contributed by atoms with Gasteiger partial charge in [0.05, 0.1) is 6.61 Å². The van der Waals surface area contributed by atoms with Crippen molar-refractivity contribution in [2.24, 2.45) is 5.73 Å². The molecule has 0 aliphatic heterocycles. The van der Waals surface area contributed by atoms with E-state index in [-0.39, 0.29) is 0 Å². The zero-order valence-corrected chi connectivity index (χ0v) is 13.1. The average molecular weight is 303 g/mol. The number of nitrogens with two attached hydrogens (primary N) is 1. The molecule has 2 rings (SSSR count). The summed E-state index contributed by atoms with van der Waals surface area (Å²) in [7, 11) is 0.753. The van der Waals surface area contributed by atoms with Crippen molar-refractivity contribution in [2.75, 3.05) is 19.5 Å². The fourth-order valence-corrected chi connectivity index (χ4v) is 3.26. The first kappa shape index (κ1) is 15.9. The van der Waals surface area contributed by atoms with Crippen LogP contribution >= 0.6 is 0 Å². The van der Waals surface area contributed by atoms with Gasteiger partial charge < -0.3 is 10.5 Å². The van der Waals surface area contributed by atoms with Gasteiger partial charge in [0.1, 0.15) is 0 Å². The number of methoxy groups -OCH3 is 1. The van der Waals surface area contributed by atoms with Crippen LogP contribution in [0.2, 0.25) is 0 Å².